The minimum atomic E-state index is -3.76. The van der Waals surface area contributed by atoms with Gasteiger partial charge in [-0.05, 0) is 31.7 Å². The van der Waals surface area contributed by atoms with Crippen LogP contribution in [0, 0.1) is 0 Å². The van der Waals surface area contributed by atoms with Crippen molar-refractivity contribution < 1.29 is 17.9 Å². The zero-order chi connectivity index (χ0) is 14.6. The average Bonchev–Trinajstić information content (AvgIpc) is 2.89. The number of rotatable bonds is 5. The molecule has 8 heteroatoms. The third kappa shape index (κ3) is 4.44. The van der Waals surface area contributed by atoms with E-state index in [4.69, 9.17) is 15.4 Å². The molecule has 1 aromatic heterocycles. The molecule has 1 aliphatic heterocycles. The van der Waals surface area contributed by atoms with Gasteiger partial charge in [0.25, 0.3) is 15.0 Å². The lowest BCUT2D eigenvalue weighted by Crippen LogP contribution is -2.29. The van der Waals surface area contributed by atoms with Gasteiger partial charge in [-0.25, -0.2) is 8.42 Å². The summed E-state index contributed by atoms with van der Waals surface area (Å²) in [6.07, 6.45) is 4.29. The predicted molar refractivity (Wildman–Crippen MR) is 77.9 cm³/mol. The molecule has 0 saturated carbocycles. The maximum atomic E-state index is 11.8. The number of hydrogen-bond donors (Lipinski definition) is 1. The van der Waals surface area contributed by atoms with Crippen molar-refractivity contribution in [2.75, 3.05) is 13.2 Å². The molecule has 2 rings (SSSR count). The Balaban J connectivity index is 1.81. The Labute approximate surface area is 126 Å². The lowest BCUT2D eigenvalue weighted by Gasteiger charge is -2.22. The number of carbonyl (C=O) groups excluding carboxylic acids is 1. The summed E-state index contributed by atoms with van der Waals surface area (Å²) < 4.78 is 27.8. The maximum Gasteiger partial charge on any atom is 0.270 e. The molecule has 1 N–H and O–H groups in total. The van der Waals surface area contributed by atoms with E-state index in [2.05, 4.69) is 5.32 Å². The second-order valence-corrected chi connectivity index (χ2v) is 8.33. The number of amides is 1. The van der Waals surface area contributed by atoms with Crippen LogP contribution in [0.15, 0.2) is 15.7 Å². The molecule has 0 aromatic carbocycles. The first kappa shape index (κ1) is 15.8. The molecule has 0 aliphatic carbocycles. The Bertz CT molecular complexity index is 564. The van der Waals surface area contributed by atoms with E-state index in [0.29, 0.717) is 12.1 Å². The van der Waals surface area contributed by atoms with Crippen LogP contribution in [0.25, 0.3) is 0 Å². The van der Waals surface area contributed by atoms with Crippen LogP contribution in [0.1, 0.15) is 36.0 Å². The van der Waals surface area contributed by atoms with Crippen molar-refractivity contribution in [2.45, 2.75) is 36.0 Å². The largest absolute Gasteiger partial charge is 0.378 e. The topological polar surface area (TPSA) is 72.5 Å². The van der Waals surface area contributed by atoms with Gasteiger partial charge >= 0.3 is 0 Å². The predicted octanol–water partition coefficient (Wildman–Crippen LogP) is 2.36. The Morgan fingerprint density at radius 1 is 1.50 bits per heavy atom. The van der Waals surface area contributed by atoms with Crippen LogP contribution in [0.4, 0.5) is 0 Å². The van der Waals surface area contributed by atoms with Gasteiger partial charge in [-0.1, -0.05) is 0 Å². The first-order chi connectivity index (χ1) is 9.47. The molecule has 0 radical (unpaired) electrons. The van der Waals surface area contributed by atoms with E-state index in [1.54, 1.807) is 0 Å². The molecule has 1 fully saturated rings. The molecule has 1 atom stereocenters. The third-order valence-corrected chi connectivity index (χ3v) is 6.14. The quantitative estimate of drug-likeness (QED) is 0.837. The van der Waals surface area contributed by atoms with Crippen LogP contribution >= 0.6 is 22.0 Å². The summed E-state index contributed by atoms with van der Waals surface area (Å²) in [5, 5.41) is 4.25. The minimum absolute atomic E-state index is 0.0140. The fourth-order valence-corrected chi connectivity index (χ4v) is 3.99. The van der Waals surface area contributed by atoms with Gasteiger partial charge in [0.1, 0.15) is 4.21 Å². The number of hydrogen-bond acceptors (Lipinski definition) is 5. The van der Waals surface area contributed by atoms with Crippen LogP contribution in [0.3, 0.4) is 0 Å². The summed E-state index contributed by atoms with van der Waals surface area (Å²) in [5.41, 5.74) is 0.318. The summed E-state index contributed by atoms with van der Waals surface area (Å²) in [5.74, 6) is -0.288. The van der Waals surface area contributed by atoms with Gasteiger partial charge in [0.15, 0.2) is 0 Å². The van der Waals surface area contributed by atoms with Crippen LogP contribution < -0.4 is 5.32 Å². The fraction of sp³-hybridized carbons (Fsp3) is 0.583. The highest BCUT2D eigenvalue weighted by Gasteiger charge is 2.17. The van der Waals surface area contributed by atoms with Gasteiger partial charge in [-0.15, -0.1) is 11.3 Å². The summed E-state index contributed by atoms with van der Waals surface area (Å²) in [7, 11) is 1.45. The second-order valence-electron chi connectivity index (χ2n) is 4.63. The van der Waals surface area contributed by atoms with Gasteiger partial charge in [0, 0.05) is 29.2 Å². The zero-order valence-electron chi connectivity index (χ0n) is 10.8. The van der Waals surface area contributed by atoms with Crippen LogP contribution in [-0.4, -0.2) is 33.6 Å². The molecular weight excluding hydrogens is 322 g/mol. The van der Waals surface area contributed by atoms with Crippen LogP contribution in [-0.2, 0) is 13.8 Å². The van der Waals surface area contributed by atoms with E-state index < -0.39 is 9.05 Å². The number of nitrogens with one attached hydrogen (secondary N) is 1. The summed E-state index contributed by atoms with van der Waals surface area (Å²) in [4.78, 5) is 11.8. The number of ether oxygens (including phenoxy) is 1. The van der Waals surface area contributed by atoms with Crippen molar-refractivity contribution in [3.63, 3.8) is 0 Å². The first-order valence-electron chi connectivity index (χ1n) is 6.40. The van der Waals surface area contributed by atoms with Gasteiger partial charge < -0.3 is 10.1 Å². The second kappa shape index (κ2) is 6.89. The van der Waals surface area contributed by atoms with Crippen molar-refractivity contribution in [2.24, 2.45) is 0 Å². The minimum Gasteiger partial charge on any atom is -0.378 e. The molecule has 5 nitrogen and oxygen atoms in total. The lowest BCUT2D eigenvalue weighted by molar-refractivity contribution is 0.0117. The monoisotopic (exact) mass is 337 g/mol. The summed E-state index contributed by atoms with van der Waals surface area (Å²) in [6, 6.07) is 1.29. The standard InChI is InChI=1S/C12H16ClNO4S2/c13-20(16,17)11-7-9(8-19-11)12(15)14-5-4-10-3-1-2-6-18-10/h7-8,10H,1-6H2,(H,14,15). The molecule has 0 bridgehead atoms. The van der Waals surface area contributed by atoms with Gasteiger partial charge in [0.2, 0.25) is 0 Å². The van der Waals surface area contributed by atoms with Crippen molar-refractivity contribution in [3.8, 4) is 0 Å². The molecule has 1 amide bonds. The van der Waals surface area contributed by atoms with E-state index in [0.717, 1.165) is 37.2 Å². The van der Waals surface area contributed by atoms with Crippen LogP contribution in [0.5, 0.6) is 0 Å². The molecule has 1 saturated heterocycles. The number of thiophene rings is 1. The summed E-state index contributed by atoms with van der Waals surface area (Å²) >= 11 is 0.941. The van der Waals surface area contributed by atoms with E-state index in [1.807, 2.05) is 0 Å². The zero-order valence-corrected chi connectivity index (χ0v) is 13.2. The Morgan fingerprint density at radius 3 is 2.90 bits per heavy atom. The molecule has 1 aromatic rings. The smallest absolute Gasteiger partial charge is 0.270 e. The highest BCUT2D eigenvalue weighted by atomic mass is 35.7. The van der Waals surface area contributed by atoms with E-state index in [9.17, 15) is 13.2 Å². The average molecular weight is 338 g/mol. The van der Waals surface area contributed by atoms with Crippen molar-refractivity contribution >= 4 is 37.0 Å². The first-order valence-corrected chi connectivity index (χ1v) is 9.59. The van der Waals surface area contributed by atoms with Crippen molar-refractivity contribution in [3.05, 3.63) is 17.0 Å². The molecule has 20 heavy (non-hydrogen) atoms. The Kier molecular flexibility index (Phi) is 5.42. The number of halogens is 1. The Hall–Kier alpha value is -0.630. The molecular formula is C12H16ClNO4S2. The third-order valence-electron chi connectivity index (χ3n) is 3.10. The van der Waals surface area contributed by atoms with E-state index >= 15 is 0 Å². The lowest BCUT2D eigenvalue weighted by atomic mass is 10.1. The van der Waals surface area contributed by atoms with E-state index in [1.165, 1.54) is 17.9 Å². The van der Waals surface area contributed by atoms with Gasteiger partial charge in [0.05, 0.1) is 11.7 Å². The van der Waals surface area contributed by atoms with E-state index in [-0.39, 0.29) is 16.2 Å². The van der Waals surface area contributed by atoms with Gasteiger partial charge in [-0.3, -0.25) is 4.79 Å². The van der Waals surface area contributed by atoms with Crippen LogP contribution in [0.2, 0.25) is 0 Å². The number of carbonyl (C=O) groups is 1. The Morgan fingerprint density at radius 2 is 2.30 bits per heavy atom. The molecule has 0 spiro atoms. The fourth-order valence-electron chi connectivity index (χ4n) is 2.05. The molecule has 2 heterocycles. The normalized spacial score (nSPS) is 19.8. The highest BCUT2D eigenvalue weighted by molar-refractivity contribution is 8.15. The molecule has 1 aliphatic rings. The van der Waals surface area contributed by atoms with Crippen molar-refractivity contribution in [1.82, 2.24) is 5.32 Å². The maximum absolute atomic E-state index is 11.8. The molecule has 1 unspecified atom stereocenters. The molecule has 112 valence electrons. The summed E-state index contributed by atoms with van der Waals surface area (Å²) in [6.45, 7) is 1.31. The highest BCUT2D eigenvalue weighted by Crippen LogP contribution is 2.23. The van der Waals surface area contributed by atoms with Crippen molar-refractivity contribution in [1.29, 1.82) is 0 Å². The van der Waals surface area contributed by atoms with Gasteiger partial charge in [-0.2, -0.15) is 0 Å². The SMILES string of the molecule is O=C(NCCC1CCCCO1)c1csc(S(=O)(=O)Cl)c1.